The van der Waals surface area contributed by atoms with Gasteiger partial charge in [-0.3, -0.25) is 4.90 Å². The van der Waals surface area contributed by atoms with Gasteiger partial charge >= 0.3 is 0 Å². The maximum Gasteiger partial charge on any atom is 0.120 e. The standard InChI is InChI=1S/C13H19N3OS/c1-11-3-4-12(18-11)9-16(7-2-8-17)10-13-14-5-6-15-13/h3-6,17H,2,7-10H2,1H3,(H,14,15). The highest BCUT2D eigenvalue weighted by Crippen LogP contribution is 2.18. The van der Waals surface area contributed by atoms with Gasteiger partial charge in [-0.2, -0.15) is 0 Å². The van der Waals surface area contributed by atoms with E-state index in [4.69, 9.17) is 5.11 Å². The van der Waals surface area contributed by atoms with Gasteiger partial charge in [0, 0.05) is 41.8 Å². The number of hydrogen-bond acceptors (Lipinski definition) is 4. The van der Waals surface area contributed by atoms with Crippen molar-refractivity contribution in [1.29, 1.82) is 0 Å². The number of imidazole rings is 1. The highest BCUT2D eigenvalue weighted by Gasteiger charge is 2.09. The second-order valence-corrected chi connectivity index (χ2v) is 5.71. The van der Waals surface area contributed by atoms with Gasteiger partial charge in [-0.05, 0) is 25.5 Å². The summed E-state index contributed by atoms with van der Waals surface area (Å²) in [6.07, 6.45) is 4.41. The summed E-state index contributed by atoms with van der Waals surface area (Å²) < 4.78 is 0. The van der Waals surface area contributed by atoms with Crippen LogP contribution in [-0.2, 0) is 13.1 Å². The average Bonchev–Trinajstić information content (AvgIpc) is 2.98. The predicted octanol–water partition coefficient (Wildman–Crippen LogP) is 2.16. The molecule has 0 aliphatic rings. The number of rotatable bonds is 7. The molecule has 4 nitrogen and oxygen atoms in total. The molecule has 0 aliphatic heterocycles. The van der Waals surface area contributed by atoms with Gasteiger partial charge in [-0.1, -0.05) is 0 Å². The Morgan fingerprint density at radius 1 is 1.39 bits per heavy atom. The molecule has 5 heteroatoms. The van der Waals surface area contributed by atoms with Crippen LogP contribution in [0, 0.1) is 6.92 Å². The quantitative estimate of drug-likeness (QED) is 0.806. The molecule has 0 unspecified atom stereocenters. The summed E-state index contributed by atoms with van der Waals surface area (Å²) in [4.78, 5) is 12.4. The molecule has 98 valence electrons. The molecule has 0 spiro atoms. The summed E-state index contributed by atoms with van der Waals surface area (Å²) in [6, 6.07) is 4.32. The highest BCUT2D eigenvalue weighted by molar-refractivity contribution is 7.11. The molecular weight excluding hydrogens is 246 g/mol. The fraction of sp³-hybridized carbons (Fsp3) is 0.462. The highest BCUT2D eigenvalue weighted by atomic mass is 32.1. The molecule has 0 aliphatic carbocycles. The Bertz CT molecular complexity index is 453. The number of nitrogens with one attached hydrogen (secondary N) is 1. The first-order valence-corrected chi connectivity index (χ1v) is 6.96. The number of thiophene rings is 1. The summed E-state index contributed by atoms with van der Waals surface area (Å²) in [5, 5.41) is 8.96. The molecule has 0 saturated carbocycles. The first-order valence-electron chi connectivity index (χ1n) is 6.14. The average molecular weight is 265 g/mol. The van der Waals surface area contributed by atoms with E-state index in [0.717, 1.165) is 31.9 Å². The Hall–Kier alpha value is -1.17. The van der Waals surface area contributed by atoms with E-state index in [1.54, 1.807) is 6.20 Å². The zero-order valence-corrected chi connectivity index (χ0v) is 11.4. The molecule has 0 amide bonds. The first kappa shape index (κ1) is 13.3. The van der Waals surface area contributed by atoms with Crippen molar-refractivity contribution in [2.24, 2.45) is 0 Å². The van der Waals surface area contributed by atoms with Crippen molar-refractivity contribution in [2.75, 3.05) is 13.2 Å². The fourth-order valence-corrected chi connectivity index (χ4v) is 2.83. The maximum absolute atomic E-state index is 8.96. The van der Waals surface area contributed by atoms with E-state index in [-0.39, 0.29) is 6.61 Å². The van der Waals surface area contributed by atoms with Crippen molar-refractivity contribution in [2.45, 2.75) is 26.4 Å². The van der Waals surface area contributed by atoms with E-state index in [9.17, 15) is 0 Å². The van der Waals surface area contributed by atoms with Crippen LogP contribution in [0.5, 0.6) is 0 Å². The molecule has 2 heterocycles. The molecule has 2 N–H and O–H groups in total. The summed E-state index contributed by atoms with van der Waals surface area (Å²) >= 11 is 1.83. The van der Waals surface area contributed by atoms with Crippen LogP contribution >= 0.6 is 11.3 Å². The van der Waals surface area contributed by atoms with Gasteiger partial charge in [0.2, 0.25) is 0 Å². The summed E-state index contributed by atoms with van der Waals surface area (Å²) in [5.41, 5.74) is 0. The van der Waals surface area contributed by atoms with E-state index in [2.05, 4.69) is 33.9 Å². The van der Waals surface area contributed by atoms with Crippen LogP contribution in [0.3, 0.4) is 0 Å². The molecule has 0 bridgehead atoms. The Morgan fingerprint density at radius 2 is 2.28 bits per heavy atom. The van der Waals surface area contributed by atoms with Gasteiger partial charge in [0.1, 0.15) is 5.82 Å². The van der Waals surface area contributed by atoms with E-state index in [0.29, 0.717) is 0 Å². The van der Waals surface area contributed by atoms with E-state index in [1.165, 1.54) is 9.75 Å². The molecule has 0 fully saturated rings. The van der Waals surface area contributed by atoms with Crippen LogP contribution in [0.15, 0.2) is 24.5 Å². The maximum atomic E-state index is 8.96. The van der Waals surface area contributed by atoms with Gasteiger partial charge in [0.05, 0.1) is 6.54 Å². The molecular formula is C13H19N3OS. The Morgan fingerprint density at radius 3 is 2.89 bits per heavy atom. The number of nitrogens with zero attached hydrogens (tertiary/aromatic N) is 2. The van der Waals surface area contributed by atoms with Gasteiger partial charge in [-0.25, -0.2) is 4.98 Å². The molecule has 0 radical (unpaired) electrons. The Labute approximate surface area is 111 Å². The minimum Gasteiger partial charge on any atom is -0.396 e. The zero-order valence-electron chi connectivity index (χ0n) is 10.6. The van der Waals surface area contributed by atoms with Crippen molar-refractivity contribution in [3.8, 4) is 0 Å². The number of hydrogen-bond donors (Lipinski definition) is 2. The normalized spacial score (nSPS) is 11.3. The van der Waals surface area contributed by atoms with Crippen molar-refractivity contribution >= 4 is 11.3 Å². The number of aliphatic hydroxyl groups excluding tert-OH is 1. The fourth-order valence-electron chi connectivity index (χ4n) is 1.90. The van der Waals surface area contributed by atoms with Crippen LogP contribution in [0.4, 0.5) is 0 Å². The number of aromatic amines is 1. The lowest BCUT2D eigenvalue weighted by molar-refractivity contribution is 0.211. The molecule has 18 heavy (non-hydrogen) atoms. The lowest BCUT2D eigenvalue weighted by Gasteiger charge is -2.20. The molecule has 0 aromatic carbocycles. The van der Waals surface area contributed by atoms with Gasteiger partial charge < -0.3 is 10.1 Å². The molecule has 2 rings (SSSR count). The number of H-pyrrole nitrogens is 1. The monoisotopic (exact) mass is 265 g/mol. The molecule has 2 aromatic rings. The van der Waals surface area contributed by atoms with Crippen molar-refractivity contribution < 1.29 is 5.11 Å². The predicted molar refractivity (Wildman–Crippen MR) is 73.5 cm³/mol. The molecule has 0 atom stereocenters. The van der Waals surface area contributed by atoms with Crippen molar-refractivity contribution in [3.05, 3.63) is 40.1 Å². The van der Waals surface area contributed by atoms with E-state index < -0.39 is 0 Å². The minimum absolute atomic E-state index is 0.234. The van der Waals surface area contributed by atoms with Crippen LogP contribution in [0.25, 0.3) is 0 Å². The summed E-state index contributed by atoms with van der Waals surface area (Å²) in [7, 11) is 0. The summed E-state index contributed by atoms with van der Waals surface area (Å²) in [6.45, 7) is 4.95. The Balaban J connectivity index is 1.95. The van der Waals surface area contributed by atoms with Gasteiger partial charge in [0.15, 0.2) is 0 Å². The third-order valence-electron chi connectivity index (χ3n) is 2.74. The van der Waals surface area contributed by atoms with E-state index in [1.807, 2.05) is 17.5 Å². The smallest absolute Gasteiger partial charge is 0.120 e. The molecule has 2 aromatic heterocycles. The van der Waals surface area contributed by atoms with E-state index >= 15 is 0 Å². The number of aromatic nitrogens is 2. The Kier molecular flexibility index (Phi) is 4.92. The second-order valence-electron chi connectivity index (χ2n) is 4.34. The van der Waals surface area contributed by atoms with Crippen LogP contribution in [0.1, 0.15) is 22.0 Å². The largest absolute Gasteiger partial charge is 0.396 e. The lowest BCUT2D eigenvalue weighted by atomic mass is 10.3. The van der Waals surface area contributed by atoms with Crippen LogP contribution in [-0.4, -0.2) is 33.1 Å². The van der Waals surface area contributed by atoms with Crippen molar-refractivity contribution in [3.63, 3.8) is 0 Å². The third kappa shape index (κ3) is 3.94. The zero-order chi connectivity index (χ0) is 12.8. The second kappa shape index (κ2) is 6.68. The summed E-state index contributed by atoms with van der Waals surface area (Å²) in [5.74, 6) is 0.973. The van der Waals surface area contributed by atoms with Gasteiger partial charge in [-0.15, -0.1) is 11.3 Å². The van der Waals surface area contributed by atoms with Crippen molar-refractivity contribution in [1.82, 2.24) is 14.9 Å². The number of aryl methyl sites for hydroxylation is 1. The SMILES string of the molecule is Cc1ccc(CN(CCCO)Cc2ncc[nH]2)s1. The lowest BCUT2D eigenvalue weighted by Crippen LogP contribution is -2.24. The first-order chi connectivity index (χ1) is 8.78. The third-order valence-corrected chi connectivity index (χ3v) is 3.72. The number of aliphatic hydroxyl groups is 1. The molecule has 0 saturated heterocycles. The van der Waals surface area contributed by atoms with Gasteiger partial charge in [0.25, 0.3) is 0 Å². The van der Waals surface area contributed by atoms with Crippen LogP contribution < -0.4 is 0 Å². The van der Waals surface area contributed by atoms with Crippen LogP contribution in [0.2, 0.25) is 0 Å². The topological polar surface area (TPSA) is 52.1 Å². The minimum atomic E-state index is 0.234.